The van der Waals surface area contributed by atoms with Crippen LogP contribution in [-0.4, -0.2) is 53.2 Å². The lowest BCUT2D eigenvalue weighted by molar-refractivity contribution is -0.134. The molecule has 1 saturated heterocycles. The van der Waals surface area contributed by atoms with Crippen LogP contribution in [0, 0.1) is 5.82 Å². The Morgan fingerprint density at radius 3 is 2.69 bits per heavy atom. The summed E-state index contributed by atoms with van der Waals surface area (Å²) in [5.74, 6) is -0.423. The van der Waals surface area contributed by atoms with Crippen molar-refractivity contribution in [3.8, 4) is 0 Å². The molecule has 1 unspecified atom stereocenters. The highest BCUT2D eigenvalue weighted by Crippen LogP contribution is 2.26. The number of ketones is 1. The molecular weight excluding hydrogens is 333 g/mol. The number of piperazine rings is 1. The van der Waals surface area contributed by atoms with E-state index in [4.69, 9.17) is 0 Å². The highest BCUT2D eigenvalue weighted by molar-refractivity contribution is 5.97. The van der Waals surface area contributed by atoms with Crippen LogP contribution in [0.4, 0.5) is 4.39 Å². The van der Waals surface area contributed by atoms with Crippen LogP contribution in [0.5, 0.6) is 0 Å². The van der Waals surface area contributed by atoms with Gasteiger partial charge in [-0.15, -0.1) is 0 Å². The number of carbonyl (C=O) groups is 2. The molecule has 1 aromatic carbocycles. The van der Waals surface area contributed by atoms with Crippen molar-refractivity contribution in [2.75, 3.05) is 26.7 Å². The second-order valence-corrected chi connectivity index (χ2v) is 6.52. The average Bonchev–Trinajstić information content (AvgIpc) is 2.67. The Balaban J connectivity index is 1.61. The number of halogens is 1. The minimum Gasteiger partial charge on any atom is -0.339 e. The molecule has 1 aromatic heterocycles. The molecule has 0 N–H and O–H groups in total. The summed E-state index contributed by atoms with van der Waals surface area (Å²) in [5, 5.41) is 0. The Labute approximate surface area is 152 Å². The highest BCUT2D eigenvalue weighted by Gasteiger charge is 2.29. The lowest BCUT2D eigenvalue weighted by Gasteiger charge is -2.39. The SMILES string of the molecule is CN1CCN(C(=O)CCC(=O)c2cccnc2)CC1c1ccccc1F. The second-order valence-electron chi connectivity index (χ2n) is 6.52. The molecule has 0 aliphatic carbocycles. The smallest absolute Gasteiger partial charge is 0.223 e. The van der Waals surface area contributed by atoms with Gasteiger partial charge >= 0.3 is 0 Å². The molecule has 1 atom stereocenters. The molecule has 1 fully saturated rings. The van der Waals surface area contributed by atoms with Gasteiger partial charge in [0.05, 0.1) is 6.04 Å². The summed E-state index contributed by atoms with van der Waals surface area (Å²) >= 11 is 0. The number of benzene rings is 1. The average molecular weight is 355 g/mol. The van der Waals surface area contributed by atoms with E-state index in [1.165, 1.54) is 12.3 Å². The number of Topliss-reactive ketones (excluding diaryl/α,β-unsaturated/α-hetero) is 1. The predicted molar refractivity (Wildman–Crippen MR) is 96.2 cm³/mol. The van der Waals surface area contributed by atoms with Gasteiger partial charge in [0.1, 0.15) is 5.82 Å². The molecule has 26 heavy (non-hydrogen) atoms. The van der Waals surface area contributed by atoms with Gasteiger partial charge in [0.2, 0.25) is 5.91 Å². The number of rotatable bonds is 5. The molecule has 2 aromatic rings. The number of nitrogens with zero attached hydrogens (tertiary/aromatic N) is 3. The van der Waals surface area contributed by atoms with Crippen LogP contribution in [0.3, 0.4) is 0 Å². The zero-order valence-corrected chi connectivity index (χ0v) is 14.8. The number of hydrogen-bond donors (Lipinski definition) is 0. The van der Waals surface area contributed by atoms with Crippen LogP contribution < -0.4 is 0 Å². The van der Waals surface area contributed by atoms with Gasteiger partial charge < -0.3 is 4.90 Å². The number of pyridine rings is 1. The summed E-state index contributed by atoms with van der Waals surface area (Å²) in [7, 11) is 1.94. The van der Waals surface area contributed by atoms with E-state index in [0.29, 0.717) is 30.8 Å². The number of carbonyl (C=O) groups excluding carboxylic acids is 2. The van der Waals surface area contributed by atoms with E-state index in [9.17, 15) is 14.0 Å². The van der Waals surface area contributed by atoms with Crippen molar-refractivity contribution in [3.63, 3.8) is 0 Å². The number of amides is 1. The van der Waals surface area contributed by atoms with Gasteiger partial charge in [-0.2, -0.15) is 0 Å². The maximum Gasteiger partial charge on any atom is 0.223 e. The van der Waals surface area contributed by atoms with Crippen molar-refractivity contribution < 1.29 is 14.0 Å². The second kappa shape index (κ2) is 8.19. The standard InChI is InChI=1S/C20H22FN3O2/c1-23-11-12-24(14-18(23)16-6-2-3-7-17(16)21)20(26)9-8-19(25)15-5-4-10-22-13-15/h2-7,10,13,18H,8-9,11-12,14H2,1H3. The van der Waals surface area contributed by atoms with E-state index < -0.39 is 0 Å². The van der Waals surface area contributed by atoms with E-state index in [2.05, 4.69) is 9.88 Å². The van der Waals surface area contributed by atoms with Crippen LogP contribution in [0.15, 0.2) is 48.8 Å². The van der Waals surface area contributed by atoms with Gasteiger partial charge in [-0.05, 0) is 25.2 Å². The summed E-state index contributed by atoms with van der Waals surface area (Å²) in [4.78, 5) is 32.4. The first-order valence-corrected chi connectivity index (χ1v) is 8.72. The third-order valence-electron chi connectivity index (χ3n) is 4.81. The van der Waals surface area contributed by atoms with Crippen LogP contribution in [0.2, 0.25) is 0 Å². The van der Waals surface area contributed by atoms with Crippen LogP contribution in [-0.2, 0) is 4.79 Å². The van der Waals surface area contributed by atoms with Gasteiger partial charge in [0, 0.05) is 56.0 Å². The first kappa shape index (κ1) is 18.2. The molecule has 0 bridgehead atoms. The first-order valence-electron chi connectivity index (χ1n) is 8.72. The first-order chi connectivity index (χ1) is 12.6. The summed E-state index contributed by atoms with van der Waals surface area (Å²) < 4.78 is 14.1. The van der Waals surface area contributed by atoms with Crippen molar-refractivity contribution in [2.24, 2.45) is 0 Å². The zero-order valence-electron chi connectivity index (χ0n) is 14.8. The van der Waals surface area contributed by atoms with Crippen LogP contribution >= 0.6 is 0 Å². The number of aromatic nitrogens is 1. The van der Waals surface area contributed by atoms with E-state index in [1.54, 1.807) is 41.4 Å². The Kier molecular flexibility index (Phi) is 5.73. The summed E-state index contributed by atoms with van der Waals surface area (Å²) in [6.07, 6.45) is 3.43. The maximum absolute atomic E-state index is 14.1. The minimum absolute atomic E-state index is 0.0725. The quantitative estimate of drug-likeness (QED) is 0.774. The summed E-state index contributed by atoms with van der Waals surface area (Å²) in [5.41, 5.74) is 1.11. The molecule has 1 amide bonds. The third-order valence-corrected chi connectivity index (χ3v) is 4.81. The van der Waals surface area contributed by atoms with Gasteiger partial charge in [0.25, 0.3) is 0 Å². The molecule has 1 aliphatic rings. The summed E-state index contributed by atoms with van der Waals surface area (Å²) in [6, 6.07) is 9.89. The molecule has 1 aliphatic heterocycles. The van der Waals surface area contributed by atoms with Crippen LogP contribution in [0.1, 0.15) is 34.8 Å². The maximum atomic E-state index is 14.1. The number of hydrogen-bond acceptors (Lipinski definition) is 4. The highest BCUT2D eigenvalue weighted by atomic mass is 19.1. The fourth-order valence-corrected chi connectivity index (χ4v) is 3.23. The van der Waals surface area contributed by atoms with Gasteiger partial charge in [-0.25, -0.2) is 4.39 Å². The molecule has 6 heteroatoms. The molecule has 3 rings (SSSR count). The summed E-state index contributed by atoms with van der Waals surface area (Å²) in [6.45, 7) is 1.68. The fourth-order valence-electron chi connectivity index (χ4n) is 3.23. The minimum atomic E-state index is -0.259. The van der Waals surface area contributed by atoms with E-state index in [1.807, 2.05) is 7.05 Å². The van der Waals surface area contributed by atoms with Crippen molar-refractivity contribution >= 4 is 11.7 Å². The monoisotopic (exact) mass is 355 g/mol. The molecule has 136 valence electrons. The Bertz CT molecular complexity index is 782. The number of likely N-dealkylation sites (N-methyl/N-ethyl adjacent to an activating group) is 1. The van der Waals surface area contributed by atoms with Gasteiger partial charge in [-0.3, -0.25) is 19.5 Å². The molecule has 2 heterocycles. The van der Waals surface area contributed by atoms with E-state index in [0.717, 1.165) is 0 Å². The Morgan fingerprint density at radius 1 is 1.15 bits per heavy atom. The predicted octanol–water partition coefficient (Wildman–Crippen LogP) is 2.70. The molecule has 0 radical (unpaired) electrons. The Morgan fingerprint density at radius 2 is 1.96 bits per heavy atom. The fraction of sp³-hybridized carbons (Fsp3) is 0.350. The third kappa shape index (κ3) is 4.14. The van der Waals surface area contributed by atoms with E-state index >= 15 is 0 Å². The van der Waals surface area contributed by atoms with Gasteiger partial charge in [-0.1, -0.05) is 18.2 Å². The largest absolute Gasteiger partial charge is 0.339 e. The van der Waals surface area contributed by atoms with Gasteiger partial charge in [0.15, 0.2) is 5.78 Å². The Hall–Kier alpha value is -2.60. The lowest BCUT2D eigenvalue weighted by Crippen LogP contribution is -2.49. The van der Waals surface area contributed by atoms with Crippen LogP contribution in [0.25, 0.3) is 0 Å². The van der Waals surface area contributed by atoms with Crippen molar-refractivity contribution in [3.05, 3.63) is 65.7 Å². The molecule has 0 saturated carbocycles. The van der Waals surface area contributed by atoms with Crippen molar-refractivity contribution in [2.45, 2.75) is 18.9 Å². The molecule has 0 spiro atoms. The zero-order chi connectivity index (χ0) is 18.5. The van der Waals surface area contributed by atoms with E-state index in [-0.39, 0.29) is 36.4 Å². The lowest BCUT2D eigenvalue weighted by atomic mass is 10.0. The van der Waals surface area contributed by atoms with Crippen molar-refractivity contribution in [1.82, 2.24) is 14.8 Å². The topological polar surface area (TPSA) is 53.5 Å². The van der Waals surface area contributed by atoms with Crippen molar-refractivity contribution in [1.29, 1.82) is 0 Å². The molecular formula is C20H22FN3O2. The normalized spacial score (nSPS) is 17.9. The molecule has 5 nitrogen and oxygen atoms in total.